The molecular formula is C19H16N4O3. The zero-order valence-electron chi connectivity index (χ0n) is 13.9. The van der Waals surface area contributed by atoms with Crippen LogP contribution in [0.3, 0.4) is 0 Å². The van der Waals surface area contributed by atoms with Gasteiger partial charge in [-0.05, 0) is 36.8 Å². The molecule has 1 N–H and O–H groups in total. The maximum atomic E-state index is 13.0. The van der Waals surface area contributed by atoms with Crippen molar-refractivity contribution in [1.82, 2.24) is 20.0 Å². The van der Waals surface area contributed by atoms with Crippen LogP contribution in [0.5, 0.6) is 0 Å². The maximum Gasteiger partial charge on any atom is 0.293 e. The summed E-state index contributed by atoms with van der Waals surface area (Å²) in [6, 6.07) is 11.2. The van der Waals surface area contributed by atoms with Crippen LogP contribution in [0.4, 0.5) is 0 Å². The van der Waals surface area contributed by atoms with Crippen LogP contribution >= 0.6 is 0 Å². The number of amides is 1. The molecule has 7 nitrogen and oxygen atoms in total. The zero-order chi connectivity index (χ0) is 17.5. The molecule has 1 atom stereocenters. The van der Waals surface area contributed by atoms with Gasteiger partial charge in [0.15, 0.2) is 11.6 Å². The van der Waals surface area contributed by atoms with Crippen LogP contribution in [0.25, 0.3) is 22.6 Å². The molecule has 1 aliphatic rings. The quantitative estimate of drug-likeness (QED) is 0.613. The number of furan rings is 1. The molecule has 5 rings (SSSR count). The molecular weight excluding hydrogens is 332 g/mol. The van der Waals surface area contributed by atoms with Gasteiger partial charge in [-0.1, -0.05) is 11.2 Å². The van der Waals surface area contributed by atoms with Gasteiger partial charge in [0.05, 0.1) is 6.26 Å². The Kier molecular flexibility index (Phi) is 3.38. The summed E-state index contributed by atoms with van der Waals surface area (Å²) in [4.78, 5) is 22.4. The molecule has 4 heterocycles. The fourth-order valence-electron chi connectivity index (χ4n) is 3.50. The van der Waals surface area contributed by atoms with Gasteiger partial charge < -0.3 is 18.8 Å². The highest BCUT2D eigenvalue weighted by Crippen LogP contribution is 2.29. The number of nitrogens with zero attached hydrogens (tertiary/aromatic N) is 3. The number of fused-ring (bicyclic) bond motifs is 1. The van der Waals surface area contributed by atoms with Gasteiger partial charge >= 0.3 is 0 Å². The van der Waals surface area contributed by atoms with Crippen molar-refractivity contribution in [3.05, 3.63) is 60.2 Å². The number of likely N-dealkylation sites (tertiary alicyclic amines) is 1. The van der Waals surface area contributed by atoms with E-state index in [-0.39, 0.29) is 11.8 Å². The molecule has 1 aliphatic heterocycles. The molecule has 26 heavy (non-hydrogen) atoms. The van der Waals surface area contributed by atoms with Gasteiger partial charge in [-0.3, -0.25) is 4.79 Å². The van der Waals surface area contributed by atoms with Crippen LogP contribution in [-0.2, 0) is 0 Å². The van der Waals surface area contributed by atoms with Crippen molar-refractivity contribution in [2.45, 2.75) is 12.3 Å². The Labute approximate surface area is 148 Å². The van der Waals surface area contributed by atoms with Crippen LogP contribution in [-0.4, -0.2) is 39.0 Å². The van der Waals surface area contributed by atoms with Crippen LogP contribution in [0, 0.1) is 0 Å². The summed E-state index contributed by atoms with van der Waals surface area (Å²) >= 11 is 0. The molecule has 0 spiro atoms. The van der Waals surface area contributed by atoms with Crippen molar-refractivity contribution in [2.24, 2.45) is 0 Å². The molecule has 7 heteroatoms. The number of carbonyl (C=O) groups excluding carboxylic acids is 1. The third kappa shape index (κ3) is 2.40. The molecule has 4 aromatic rings. The summed E-state index contributed by atoms with van der Waals surface area (Å²) in [6.45, 7) is 1.26. The zero-order valence-corrected chi connectivity index (χ0v) is 13.9. The standard InChI is InChI=1S/C19H16N4O3/c24-19(14-3-1-4-15-13(14)6-8-20-15)23-9-7-12(11-23)17-21-18(26-22-17)16-5-2-10-25-16/h1-6,8,10,12,20H,7,9,11H2/t12-/m0/s1. The third-order valence-electron chi connectivity index (χ3n) is 4.84. The van der Waals surface area contributed by atoms with Crippen molar-refractivity contribution < 1.29 is 13.7 Å². The fraction of sp³-hybridized carbons (Fsp3) is 0.211. The summed E-state index contributed by atoms with van der Waals surface area (Å²) in [5.74, 6) is 1.64. The maximum absolute atomic E-state index is 13.0. The molecule has 1 saturated heterocycles. The first kappa shape index (κ1) is 14.9. The number of rotatable bonds is 3. The Balaban J connectivity index is 1.36. The highest BCUT2D eigenvalue weighted by molar-refractivity contribution is 6.06. The van der Waals surface area contributed by atoms with E-state index in [1.165, 1.54) is 0 Å². The molecule has 1 aromatic carbocycles. The molecule has 0 aliphatic carbocycles. The largest absolute Gasteiger partial charge is 0.459 e. The molecule has 0 radical (unpaired) electrons. The minimum absolute atomic E-state index is 0.0347. The van der Waals surface area contributed by atoms with Crippen LogP contribution in [0.2, 0.25) is 0 Å². The summed E-state index contributed by atoms with van der Waals surface area (Å²) < 4.78 is 10.6. The number of nitrogens with one attached hydrogen (secondary N) is 1. The summed E-state index contributed by atoms with van der Waals surface area (Å²) in [5, 5.41) is 5.02. The summed E-state index contributed by atoms with van der Waals surface area (Å²) in [6.07, 6.45) is 4.23. The summed E-state index contributed by atoms with van der Waals surface area (Å²) in [5.41, 5.74) is 1.68. The monoisotopic (exact) mass is 348 g/mol. The molecule has 130 valence electrons. The lowest BCUT2D eigenvalue weighted by Crippen LogP contribution is -2.28. The van der Waals surface area contributed by atoms with Gasteiger partial charge in [-0.25, -0.2) is 0 Å². The molecule has 0 saturated carbocycles. The first-order valence-electron chi connectivity index (χ1n) is 8.52. The topological polar surface area (TPSA) is 88.2 Å². The van der Waals surface area contributed by atoms with Crippen LogP contribution in [0.15, 0.2) is 57.8 Å². The van der Waals surface area contributed by atoms with E-state index in [1.54, 1.807) is 18.4 Å². The molecule has 1 fully saturated rings. The van der Waals surface area contributed by atoms with Gasteiger partial charge in [0, 0.05) is 41.7 Å². The van der Waals surface area contributed by atoms with E-state index < -0.39 is 0 Å². The highest BCUT2D eigenvalue weighted by Gasteiger charge is 2.32. The van der Waals surface area contributed by atoms with E-state index >= 15 is 0 Å². The van der Waals surface area contributed by atoms with Crippen LogP contribution < -0.4 is 0 Å². The molecule has 0 bridgehead atoms. The number of H-pyrrole nitrogens is 1. The van der Waals surface area contributed by atoms with Crippen molar-refractivity contribution in [3.63, 3.8) is 0 Å². The Morgan fingerprint density at radius 2 is 2.19 bits per heavy atom. The molecule has 0 unspecified atom stereocenters. The SMILES string of the molecule is O=C(c1cccc2[nH]ccc12)N1CC[C@H](c2noc(-c3ccco3)n2)C1. The van der Waals surface area contributed by atoms with E-state index in [9.17, 15) is 4.79 Å². The second-order valence-electron chi connectivity index (χ2n) is 6.42. The second-order valence-corrected chi connectivity index (χ2v) is 6.42. The number of aromatic nitrogens is 3. The smallest absolute Gasteiger partial charge is 0.293 e. The predicted octanol–water partition coefficient (Wildman–Crippen LogP) is 3.44. The van der Waals surface area contributed by atoms with E-state index in [4.69, 9.17) is 8.94 Å². The minimum Gasteiger partial charge on any atom is -0.459 e. The first-order chi connectivity index (χ1) is 12.8. The third-order valence-corrected chi connectivity index (χ3v) is 4.84. The van der Waals surface area contributed by atoms with E-state index in [2.05, 4.69) is 15.1 Å². The van der Waals surface area contributed by atoms with Gasteiger partial charge in [0.1, 0.15) is 0 Å². The first-order valence-corrected chi connectivity index (χ1v) is 8.52. The number of carbonyl (C=O) groups is 1. The lowest BCUT2D eigenvalue weighted by Gasteiger charge is -2.16. The summed E-state index contributed by atoms with van der Waals surface area (Å²) in [7, 11) is 0. The Hall–Kier alpha value is -3.35. The Morgan fingerprint density at radius 3 is 3.08 bits per heavy atom. The molecule has 3 aromatic heterocycles. The average molecular weight is 348 g/mol. The van der Waals surface area contributed by atoms with Crippen molar-refractivity contribution >= 4 is 16.8 Å². The fourth-order valence-corrected chi connectivity index (χ4v) is 3.50. The number of benzene rings is 1. The van der Waals surface area contributed by atoms with Crippen LogP contribution in [0.1, 0.15) is 28.5 Å². The lowest BCUT2D eigenvalue weighted by atomic mass is 10.1. The van der Waals surface area contributed by atoms with Gasteiger partial charge in [0.2, 0.25) is 0 Å². The molecule has 1 amide bonds. The lowest BCUT2D eigenvalue weighted by molar-refractivity contribution is 0.0792. The van der Waals surface area contributed by atoms with E-state index in [1.807, 2.05) is 35.4 Å². The predicted molar refractivity (Wildman–Crippen MR) is 93.6 cm³/mol. The van der Waals surface area contributed by atoms with Gasteiger partial charge in [-0.15, -0.1) is 0 Å². The van der Waals surface area contributed by atoms with Crippen molar-refractivity contribution in [3.8, 4) is 11.7 Å². The number of hydrogen-bond acceptors (Lipinski definition) is 5. The second kappa shape index (κ2) is 5.87. The van der Waals surface area contributed by atoms with Crippen molar-refractivity contribution in [1.29, 1.82) is 0 Å². The Bertz CT molecular complexity index is 1060. The van der Waals surface area contributed by atoms with Gasteiger partial charge in [0.25, 0.3) is 11.8 Å². The van der Waals surface area contributed by atoms with E-state index in [0.29, 0.717) is 36.1 Å². The average Bonchev–Trinajstić information content (AvgIpc) is 3.46. The van der Waals surface area contributed by atoms with Gasteiger partial charge in [-0.2, -0.15) is 4.98 Å². The Morgan fingerprint density at radius 1 is 1.23 bits per heavy atom. The number of aromatic amines is 1. The number of hydrogen-bond donors (Lipinski definition) is 1. The van der Waals surface area contributed by atoms with E-state index in [0.717, 1.165) is 17.3 Å². The highest BCUT2D eigenvalue weighted by atomic mass is 16.5. The normalized spacial score (nSPS) is 17.2. The van der Waals surface area contributed by atoms with Crippen molar-refractivity contribution in [2.75, 3.05) is 13.1 Å². The minimum atomic E-state index is 0.0347.